The van der Waals surface area contributed by atoms with Crippen molar-refractivity contribution in [2.24, 2.45) is 0 Å². The van der Waals surface area contributed by atoms with E-state index in [1.165, 1.54) is 34.0 Å². The van der Waals surface area contributed by atoms with E-state index in [1.54, 1.807) is 29.3 Å². The summed E-state index contributed by atoms with van der Waals surface area (Å²) in [6.07, 6.45) is 5.97. The van der Waals surface area contributed by atoms with Gasteiger partial charge >= 0.3 is 0 Å². The number of rotatable bonds is 8. The van der Waals surface area contributed by atoms with Gasteiger partial charge in [-0.25, -0.2) is 13.4 Å². The third-order valence-corrected chi connectivity index (χ3v) is 11.8. The first kappa shape index (κ1) is 30.2. The Morgan fingerprint density at radius 2 is 1.78 bits per heavy atom. The molecule has 0 aliphatic carbocycles. The monoisotopic (exact) mass is 655 g/mol. The second-order valence-electron chi connectivity index (χ2n) is 11.9. The molecule has 7 rings (SSSR count). The highest BCUT2D eigenvalue weighted by Crippen LogP contribution is 2.29. The fraction of sp³-hybridized carbons (Fsp3) is 0.303. The lowest BCUT2D eigenvalue weighted by molar-refractivity contribution is -0.130. The summed E-state index contributed by atoms with van der Waals surface area (Å²) in [6.45, 7) is 3.31. The SMILES string of the molecule is CN1CCC(c2ccc(Nc3ncc4cc(-c5ccc(S(=O)(=O)c6cncs6)cc5)c(=O)n(CC(=O)N5CCCC5)c4n3)cc2)C1. The minimum Gasteiger partial charge on any atom is -0.341 e. The molecule has 2 aliphatic rings. The van der Waals surface area contributed by atoms with Gasteiger partial charge in [-0.2, -0.15) is 4.98 Å². The standard InChI is InChI=1S/C33H33N7O4S2/c1-38-15-12-24(19-38)22-4-8-26(9-5-22)36-33-35-17-25-16-28(23-6-10-27(11-7-23)46(43,44)30-18-34-21-45-30)32(42)40(31(25)37-33)20-29(41)39-13-2-3-14-39/h4-11,16-18,21,24H,2-3,12-15,19-20H2,1H3,(H,35,36,37). The first-order valence-corrected chi connectivity index (χ1v) is 17.6. The van der Waals surface area contributed by atoms with Crippen molar-refractivity contribution in [3.8, 4) is 11.1 Å². The lowest BCUT2D eigenvalue weighted by Crippen LogP contribution is -2.35. The highest BCUT2D eigenvalue weighted by Gasteiger charge is 2.24. The summed E-state index contributed by atoms with van der Waals surface area (Å²) in [4.78, 5) is 44.7. The zero-order valence-corrected chi connectivity index (χ0v) is 26.9. The van der Waals surface area contributed by atoms with E-state index in [2.05, 4.69) is 39.4 Å². The molecule has 13 heteroatoms. The van der Waals surface area contributed by atoms with E-state index in [0.29, 0.717) is 47.1 Å². The number of thiazole rings is 1. The number of hydrogen-bond donors (Lipinski definition) is 1. The normalized spacial score (nSPS) is 17.2. The average molecular weight is 656 g/mol. The van der Waals surface area contributed by atoms with Crippen LogP contribution < -0.4 is 10.9 Å². The highest BCUT2D eigenvalue weighted by atomic mass is 32.2. The number of nitrogens with zero attached hydrogens (tertiary/aromatic N) is 6. The van der Waals surface area contributed by atoms with Gasteiger partial charge in [-0.05, 0) is 80.2 Å². The summed E-state index contributed by atoms with van der Waals surface area (Å²) in [5.41, 5.74) is 4.38. The van der Waals surface area contributed by atoms with E-state index < -0.39 is 15.4 Å². The number of benzene rings is 2. The molecule has 1 unspecified atom stereocenters. The Balaban J connectivity index is 1.23. The maximum absolute atomic E-state index is 14.0. The van der Waals surface area contributed by atoms with Crippen molar-refractivity contribution in [2.75, 3.05) is 38.5 Å². The van der Waals surface area contributed by atoms with Gasteiger partial charge in [-0.3, -0.25) is 19.1 Å². The van der Waals surface area contributed by atoms with E-state index >= 15 is 0 Å². The Morgan fingerprint density at radius 3 is 2.46 bits per heavy atom. The van der Waals surface area contributed by atoms with Crippen molar-refractivity contribution in [3.63, 3.8) is 0 Å². The van der Waals surface area contributed by atoms with E-state index in [0.717, 1.165) is 49.4 Å². The number of fused-ring (bicyclic) bond motifs is 1. The molecular weight excluding hydrogens is 623 g/mol. The van der Waals surface area contributed by atoms with Crippen molar-refractivity contribution in [1.82, 2.24) is 29.3 Å². The summed E-state index contributed by atoms with van der Waals surface area (Å²) < 4.78 is 27.5. The molecule has 2 fully saturated rings. The van der Waals surface area contributed by atoms with Gasteiger partial charge in [0.1, 0.15) is 16.4 Å². The zero-order valence-electron chi connectivity index (χ0n) is 25.3. The molecule has 11 nitrogen and oxygen atoms in total. The quantitative estimate of drug-likeness (QED) is 0.256. The summed E-state index contributed by atoms with van der Waals surface area (Å²) in [7, 11) is -1.58. The van der Waals surface area contributed by atoms with Crippen molar-refractivity contribution in [2.45, 2.75) is 40.8 Å². The molecule has 0 bridgehead atoms. The lowest BCUT2D eigenvalue weighted by Gasteiger charge is -2.18. The van der Waals surface area contributed by atoms with Crippen molar-refractivity contribution >= 4 is 49.8 Å². The van der Waals surface area contributed by atoms with Gasteiger partial charge in [0, 0.05) is 42.5 Å². The Labute approximate surface area is 270 Å². The van der Waals surface area contributed by atoms with Crippen molar-refractivity contribution < 1.29 is 13.2 Å². The lowest BCUT2D eigenvalue weighted by atomic mass is 9.98. The summed E-state index contributed by atoms with van der Waals surface area (Å²) in [6, 6.07) is 16.1. The number of likely N-dealkylation sites (tertiary alicyclic amines) is 2. The highest BCUT2D eigenvalue weighted by molar-refractivity contribution is 7.93. The second-order valence-corrected chi connectivity index (χ2v) is 14.9. The molecule has 5 heterocycles. The van der Waals surface area contributed by atoms with Gasteiger partial charge in [-0.15, -0.1) is 11.3 Å². The summed E-state index contributed by atoms with van der Waals surface area (Å²) in [5.74, 6) is 0.685. The number of anilines is 2. The first-order valence-electron chi connectivity index (χ1n) is 15.2. The maximum atomic E-state index is 14.0. The largest absolute Gasteiger partial charge is 0.341 e. The fourth-order valence-corrected chi connectivity index (χ4v) is 8.41. The number of sulfone groups is 1. The Bertz CT molecular complexity index is 2060. The molecule has 2 aromatic carbocycles. The summed E-state index contributed by atoms with van der Waals surface area (Å²) in [5, 5.41) is 3.83. The van der Waals surface area contributed by atoms with Crippen LogP contribution in [-0.4, -0.2) is 76.9 Å². The Hall–Kier alpha value is -4.46. The van der Waals surface area contributed by atoms with Crippen LogP contribution >= 0.6 is 11.3 Å². The first-order chi connectivity index (χ1) is 22.3. The molecule has 0 spiro atoms. The predicted octanol–water partition coefficient (Wildman–Crippen LogP) is 4.53. The number of carbonyl (C=O) groups excluding carboxylic acids is 1. The van der Waals surface area contributed by atoms with Crippen LogP contribution in [0.3, 0.4) is 0 Å². The molecule has 0 radical (unpaired) electrons. The minimum atomic E-state index is -3.72. The maximum Gasteiger partial charge on any atom is 0.260 e. The van der Waals surface area contributed by atoms with Crippen LogP contribution in [0.5, 0.6) is 0 Å². The number of pyridine rings is 1. The van der Waals surface area contributed by atoms with Crippen LogP contribution in [0.1, 0.15) is 30.7 Å². The number of hydrogen-bond acceptors (Lipinski definition) is 10. The molecule has 2 saturated heterocycles. The van der Waals surface area contributed by atoms with Gasteiger partial charge in [0.25, 0.3) is 5.56 Å². The zero-order chi connectivity index (χ0) is 31.8. The van der Waals surface area contributed by atoms with Crippen LogP contribution in [0.25, 0.3) is 22.2 Å². The molecule has 1 N–H and O–H groups in total. The van der Waals surface area contributed by atoms with E-state index in [9.17, 15) is 18.0 Å². The summed E-state index contributed by atoms with van der Waals surface area (Å²) >= 11 is 1.05. The van der Waals surface area contributed by atoms with Gasteiger partial charge in [0.15, 0.2) is 0 Å². The topological polar surface area (TPSA) is 130 Å². The predicted molar refractivity (Wildman–Crippen MR) is 177 cm³/mol. The van der Waals surface area contributed by atoms with Crippen molar-refractivity contribution in [3.05, 3.63) is 88.4 Å². The number of carbonyl (C=O) groups is 1. The molecular formula is C33H33N7O4S2. The minimum absolute atomic E-state index is 0.105. The molecule has 236 valence electrons. The van der Waals surface area contributed by atoms with Crippen LogP contribution in [0.4, 0.5) is 11.6 Å². The fourth-order valence-electron chi connectivity index (χ4n) is 6.22. The molecule has 46 heavy (non-hydrogen) atoms. The van der Waals surface area contributed by atoms with Crippen molar-refractivity contribution in [1.29, 1.82) is 0 Å². The van der Waals surface area contributed by atoms with E-state index in [1.807, 2.05) is 12.1 Å². The molecule has 5 aromatic rings. The average Bonchev–Trinajstić information content (AvgIpc) is 3.87. The van der Waals surface area contributed by atoms with Gasteiger partial charge in [0.05, 0.1) is 16.6 Å². The molecule has 1 atom stereocenters. The van der Waals surface area contributed by atoms with Crippen LogP contribution in [0.15, 0.2) is 86.4 Å². The molecule has 2 aliphatic heterocycles. The molecule has 1 amide bonds. The second kappa shape index (κ2) is 12.4. The third kappa shape index (κ3) is 5.93. The number of likely N-dealkylation sites (N-methyl/N-ethyl adjacent to an activating group) is 1. The number of amides is 1. The van der Waals surface area contributed by atoms with Crippen LogP contribution in [0, 0.1) is 0 Å². The van der Waals surface area contributed by atoms with Crippen LogP contribution in [-0.2, 0) is 21.2 Å². The van der Waals surface area contributed by atoms with Gasteiger partial charge < -0.3 is 15.1 Å². The van der Waals surface area contributed by atoms with Crippen LogP contribution in [0.2, 0.25) is 0 Å². The van der Waals surface area contributed by atoms with E-state index in [-0.39, 0.29) is 21.6 Å². The molecule has 3 aromatic heterocycles. The van der Waals surface area contributed by atoms with E-state index in [4.69, 9.17) is 4.98 Å². The van der Waals surface area contributed by atoms with Gasteiger partial charge in [-0.1, -0.05) is 24.3 Å². The Kier molecular flexibility index (Phi) is 8.13. The number of nitrogens with one attached hydrogen (secondary N) is 1. The molecule has 0 saturated carbocycles. The number of aromatic nitrogens is 4. The van der Waals surface area contributed by atoms with Gasteiger partial charge in [0.2, 0.25) is 21.7 Å². The smallest absolute Gasteiger partial charge is 0.260 e. The Morgan fingerprint density at radius 1 is 1.02 bits per heavy atom. The third-order valence-electron chi connectivity index (χ3n) is 8.76.